The minimum absolute atomic E-state index is 0.147. The van der Waals surface area contributed by atoms with Gasteiger partial charge in [-0.1, -0.05) is 256 Å². The molecule has 0 aliphatic heterocycles. The number of carbonyl (C=O) groups is 2. The van der Waals surface area contributed by atoms with Crippen LogP contribution in [0.1, 0.15) is 303 Å². The Hall–Kier alpha value is -2.14. The van der Waals surface area contributed by atoms with Gasteiger partial charge in [-0.25, -0.2) is 0 Å². The summed E-state index contributed by atoms with van der Waals surface area (Å²) in [5.74, 6) is -0.350. The van der Waals surface area contributed by atoms with Crippen LogP contribution >= 0.6 is 0 Å². The third kappa shape index (κ3) is 54.5. The van der Waals surface area contributed by atoms with Gasteiger partial charge < -0.3 is 14.2 Å². The van der Waals surface area contributed by atoms with Gasteiger partial charge in [0.25, 0.3) is 0 Å². The number of rotatable bonds is 54. The molecule has 0 unspecified atom stereocenters. The van der Waals surface area contributed by atoms with E-state index in [1.54, 1.807) is 0 Å². The highest BCUT2D eigenvalue weighted by atomic mass is 16.6. The van der Waals surface area contributed by atoms with Gasteiger partial charge in [0.15, 0.2) is 0 Å². The van der Waals surface area contributed by atoms with Crippen LogP contribution in [0.25, 0.3) is 0 Å². The molecule has 0 aliphatic carbocycles. The quantitative estimate of drug-likeness (QED) is 0.0345. The normalized spacial score (nSPS) is 12.5. The van der Waals surface area contributed by atoms with E-state index in [9.17, 15) is 9.59 Å². The zero-order valence-corrected chi connectivity index (χ0v) is 44.5. The van der Waals surface area contributed by atoms with Crippen molar-refractivity contribution < 1.29 is 23.8 Å². The van der Waals surface area contributed by atoms with Gasteiger partial charge >= 0.3 is 11.9 Å². The predicted molar refractivity (Wildman–Crippen MR) is 288 cm³/mol. The van der Waals surface area contributed by atoms with Gasteiger partial charge in [-0.2, -0.15) is 0 Å². The highest BCUT2D eigenvalue weighted by Crippen LogP contribution is 2.16. The first-order valence-corrected chi connectivity index (χ1v) is 29.2. The van der Waals surface area contributed by atoms with Crippen LogP contribution in [0.5, 0.6) is 0 Å². The summed E-state index contributed by atoms with van der Waals surface area (Å²) in [4.78, 5) is 25.3. The summed E-state index contributed by atoms with van der Waals surface area (Å²) < 4.78 is 17.5. The lowest BCUT2D eigenvalue weighted by molar-refractivity contribution is -0.155. The molecule has 0 bridgehead atoms. The van der Waals surface area contributed by atoms with Crippen molar-refractivity contribution >= 4 is 11.9 Å². The maximum atomic E-state index is 12.7. The molecule has 0 amide bonds. The molecule has 0 heterocycles. The van der Waals surface area contributed by atoms with Crippen LogP contribution in [0.3, 0.4) is 0 Å². The molecule has 0 aromatic rings. The second kappa shape index (κ2) is 57.2. The Morgan fingerprint density at radius 3 is 0.939 bits per heavy atom. The molecule has 0 radical (unpaired) electrons. The van der Waals surface area contributed by atoms with E-state index in [0.29, 0.717) is 19.4 Å². The summed E-state index contributed by atoms with van der Waals surface area (Å²) >= 11 is 0. The van der Waals surface area contributed by atoms with Gasteiger partial charge in [0.05, 0.1) is 0 Å². The smallest absolute Gasteiger partial charge is 0.305 e. The van der Waals surface area contributed by atoms with Gasteiger partial charge in [-0.05, 0) is 83.5 Å². The van der Waals surface area contributed by atoms with Crippen molar-refractivity contribution in [3.05, 3.63) is 48.6 Å². The number of ether oxygens (including phenoxy) is 3. The third-order valence-corrected chi connectivity index (χ3v) is 12.9. The first-order valence-electron chi connectivity index (χ1n) is 29.2. The van der Waals surface area contributed by atoms with Crippen molar-refractivity contribution in [1.82, 2.24) is 0 Å². The van der Waals surface area contributed by atoms with E-state index in [2.05, 4.69) is 69.4 Å². The third-order valence-electron chi connectivity index (χ3n) is 12.9. The van der Waals surface area contributed by atoms with E-state index < -0.39 is 6.10 Å². The summed E-state index contributed by atoms with van der Waals surface area (Å²) in [5, 5.41) is 0. The van der Waals surface area contributed by atoms with Crippen LogP contribution in [-0.2, 0) is 23.8 Å². The Bertz CT molecular complexity index is 1090. The van der Waals surface area contributed by atoms with E-state index in [-0.39, 0.29) is 25.2 Å². The minimum atomic E-state index is -0.409. The molecule has 66 heavy (non-hydrogen) atoms. The monoisotopic (exact) mass is 925 g/mol. The van der Waals surface area contributed by atoms with Crippen LogP contribution in [-0.4, -0.2) is 37.9 Å². The fourth-order valence-electron chi connectivity index (χ4n) is 8.43. The van der Waals surface area contributed by atoms with Crippen LogP contribution in [0.4, 0.5) is 0 Å². The SMILES string of the molecule is CCCCC/C=C\C/C=C\C/C=C\CCCCCCC(=O)OC[C@H](COC(=O)CCCCCCCCC/C=C\CCCCCCCC)OCCCCCCCCCCCCCCCCCC. The molecule has 5 heteroatoms. The number of carbonyl (C=O) groups excluding carboxylic acids is 2. The molecule has 0 aromatic carbocycles. The average molecular weight is 926 g/mol. The molecule has 0 aromatic heterocycles. The maximum Gasteiger partial charge on any atom is 0.305 e. The lowest BCUT2D eigenvalue weighted by atomic mass is 10.0. The minimum Gasteiger partial charge on any atom is -0.463 e. The average Bonchev–Trinajstić information content (AvgIpc) is 3.32. The summed E-state index contributed by atoms with van der Waals surface area (Å²) in [5.41, 5.74) is 0. The fraction of sp³-hybridized carbons (Fsp3) is 0.836. The molecule has 0 fully saturated rings. The molecular formula is C61H112O5. The van der Waals surface area contributed by atoms with Crippen molar-refractivity contribution in [2.24, 2.45) is 0 Å². The Kier molecular flexibility index (Phi) is 55.3. The molecule has 5 nitrogen and oxygen atoms in total. The molecule has 386 valence electrons. The molecule has 0 aliphatic rings. The van der Waals surface area contributed by atoms with Crippen molar-refractivity contribution in [2.75, 3.05) is 19.8 Å². The van der Waals surface area contributed by atoms with Gasteiger partial charge in [0.1, 0.15) is 19.3 Å². The lowest BCUT2D eigenvalue weighted by Gasteiger charge is -2.18. The van der Waals surface area contributed by atoms with E-state index >= 15 is 0 Å². The number of hydrogen-bond donors (Lipinski definition) is 0. The number of esters is 2. The predicted octanol–water partition coefficient (Wildman–Crippen LogP) is 19.9. The van der Waals surface area contributed by atoms with E-state index in [4.69, 9.17) is 14.2 Å². The van der Waals surface area contributed by atoms with Crippen LogP contribution in [0, 0.1) is 0 Å². The molecular weight excluding hydrogens is 813 g/mol. The molecule has 0 saturated carbocycles. The summed E-state index contributed by atoms with van der Waals surface area (Å²) in [6.07, 6.45) is 71.5. The first kappa shape index (κ1) is 63.9. The summed E-state index contributed by atoms with van der Waals surface area (Å²) in [6, 6.07) is 0. The largest absolute Gasteiger partial charge is 0.463 e. The highest BCUT2D eigenvalue weighted by Gasteiger charge is 2.16. The summed E-state index contributed by atoms with van der Waals surface area (Å²) in [7, 11) is 0. The van der Waals surface area contributed by atoms with Crippen molar-refractivity contribution in [2.45, 2.75) is 309 Å². The first-order chi connectivity index (χ1) is 32.6. The van der Waals surface area contributed by atoms with Crippen molar-refractivity contribution in [1.29, 1.82) is 0 Å². The molecule has 0 N–H and O–H groups in total. The van der Waals surface area contributed by atoms with Crippen LogP contribution < -0.4 is 0 Å². The van der Waals surface area contributed by atoms with E-state index in [1.165, 1.54) is 199 Å². The van der Waals surface area contributed by atoms with Crippen LogP contribution in [0.15, 0.2) is 48.6 Å². The maximum absolute atomic E-state index is 12.7. The van der Waals surface area contributed by atoms with Crippen LogP contribution in [0.2, 0.25) is 0 Å². The number of hydrogen-bond acceptors (Lipinski definition) is 5. The van der Waals surface area contributed by atoms with Gasteiger partial charge in [0.2, 0.25) is 0 Å². The van der Waals surface area contributed by atoms with E-state index in [1.807, 2.05) is 0 Å². The van der Waals surface area contributed by atoms with E-state index in [0.717, 1.165) is 70.6 Å². The zero-order valence-electron chi connectivity index (χ0n) is 44.5. The molecule has 0 spiro atoms. The van der Waals surface area contributed by atoms with Crippen molar-refractivity contribution in [3.8, 4) is 0 Å². The Morgan fingerprint density at radius 1 is 0.318 bits per heavy atom. The Morgan fingerprint density at radius 2 is 0.576 bits per heavy atom. The van der Waals surface area contributed by atoms with Gasteiger partial charge in [-0.3, -0.25) is 9.59 Å². The zero-order chi connectivity index (χ0) is 47.7. The standard InChI is InChI=1S/C61H112O5/c1-4-7-10-13-16-19-22-25-28-31-33-36-39-42-45-48-51-54-60(62)65-57-59(64-56-53-50-47-44-41-38-35-30-27-24-21-18-15-12-9-6-3)58-66-61(63)55-52-49-46-43-40-37-34-32-29-26-23-20-17-14-11-8-5-2/h16,19,25-26,28-29,33,36,59H,4-15,17-18,20-24,27,30-32,34-35,37-58H2,1-3H3/b19-16-,28-25-,29-26-,36-33-/t59-/m1/s1. The highest BCUT2D eigenvalue weighted by molar-refractivity contribution is 5.69. The fourth-order valence-corrected chi connectivity index (χ4v) is 8.43. The Balaban J connectivity index is 4.28. The Labute approximate surface area is 412 Å². The van der Waals surface area contributed by atoms with Crippen molar-refractivity contribution in [3.63, 3.8) is 0 Å². The second-order valence-electron chi connectivity index (χ2n) is 19.5. The number of unbranched alkanes of at least 4 members (excludes halogenated alkanes) is 35. The molecule has 1 atom stereocenters. The molecule has 0 rings (SSSR count). The molecule has 0 saturated heterocycles. The topological polar surface area (TPSA) is 61.8 Å². The lowest BCUT2D eigenvalue weighted by Crippen LogP contribution is -2.29. The number of allylic oxidation sites excluding steroid dienone is 8. The van der Waals surface area contributed by atoms with Gasteiger partial charge in [-0.15, -0.1) is 0 Å². The van der Waals surface area contributed by atoms with Gasteiger partial charge in [0, 0.05) is 19.4 Å². The second-order valence-corrected chi connectivity index (χ2v) is 19.5. The summed E-state index contributed by atoms with van der Waals surface area (Å²) in [6.45, 7) is 7.72.